The Morgan fingerprint density at radius 3 is 2.85 bits per heavy atom. The Hall–Kier alpha value is -1.46. The number of halogens is 1. The van der Waals surface area contributed by atoms with E-state index in [2.05, 4.69) is 10.2 Å². The maximum atomic E-state index is 11.6. The largest absolute Gasteiger partial charge is 0.493 e. The van der Waals surface area contributed by atoms with E-state index in [4.69, 9.17) is 21.1 Å². The van der Waals surface area contributed by atoms with Crippen molar-refractivity contribution in [3.63, 3.8) is 0 Å². The van der Waals surface area contributed by atoms with Gasteiger partial charge in [-0.05, 0) is 12.5 Å². The summed E-state index contributed by atoms with van der Waals surface area (Å²) in [5.74, 6) is 1.33. The maximum Gasteiger partial charge on any atom is 0.234 e. The number of ether oxygens (including phenoxy) is 2. The van der Waals surface area contributed by atoms with E-state index < -0.39 is 0 Å². The first-order valence-electron chi connectivity index (χ1n) is 6.53. The van der Waals surface area contributed by atoms with Gasteiger partial charge in [0.2, 0.25) is 5.91 Å². The van der Waals surface area contributed by atoms with Crippen LogP contribution >= 0.6 is 11.6 Å². The Morgan fingerprint density at radius 2 is 2.15 bits per heavy atom. The molecule has 0 saturated carbocycles. The third-order valence-corrected chi connectivity index (χ3v) is 3.47. The highest BCUT2D eigenvalue weighted by Gasteiger charge is 2.18. The summed E-state index contributed by atoms with van der Waals surface area (Å²) in [5, 5.41) is 3.45. The summed E-state index contributed by atoms with van der Waals surface area (Å²) in [5.41, 5.74) is 0.923. The number of rotatable bonds is 4. The topological polar surface area (TPSA) is 50.8 Å². The molecule has 0 aromatic heterocycles. The van der Waals surface area contributed by atoms with E-state index in [0.29, 0.717) is 29.6 Å². The molecular weight excluding hydrogens is 280 g/mol. The minimum absolute atomic E-state index is 0.0514. The van der Waals surface area contributed by atoms with Crippen molar-refractivity contribution in [3.8, 4) is 11.5 Å². The van der Waals surface area contributed by atoms with Crippen LogP contribution in [0.2, 0.25) is 5.02 Å². The summed E-state index contributed by atoms with van der Waals surface area (Å²) >= 11 is 6.10. The van der Waals surface area contributed by atoms with E-state index in [1.807, 2.05) is 6.07 Å². The van der Waals surface area contributed by atoms with Gasteiger partial charge < -0.3 is 14.8 Å². The van der Waals surface area contributed by atoms with Crippen molar-refractivity contribution in [2.75, 3.05) is 33.9 Å². The van der Waals surface area contributed by atoms with Gasteiger partial charge in [0.05, 0.1) is 20.8 Å². The van der Waals surface area contributed by atoms with Gasteiger partial charge in [0.1, 0.15) is 0 Å². The highest BCUT2D eigenvalue weighted by atomic mass is 35.5. The first kappa shape index (κ1) is 14.9. The van der Waals surface area contributed by atoms with Gasteiger partial charge in [0.15, 0.2) is 11.5 Å². The summed E-state index contributed by atoms with van der Waals surface area (Å²) < 4.78 is 10.7. The zero-order valence-electron chi connectivity index (χ0n) is 11.7. The molecule has 2 rings (SSSR count). The molecular formula is C14H19ClN2O3. The fourth-order valence-corrected chi connectivity index (χ4v) is 2.60. The average molecular weight is 299 g/mol. The number of nitrogens with zero attached hydrogens (tertiary/aromatic N) is 1. The van der Waals surface area contributed by atoms with Gasteiger partial charge in [0, 0.05) is 36.3 Å². The molecule has 1 aliphatic heterocycles. The van der Waals surface area contributed by atoms with Crippen LogP contribution in [0.15, 0.2) is 12.1 Å². The van der Waals surface area contributed by atoms with E-state index in [0.717, 1.165) is 25.1 Å². The number of amides is 1. The van der Waals surface area contributed by atoms with Crippen molar-refractivity contribution >= 4 is 17.5 Å². The lowest BCUT2D eigenvalue weighted by atomic mass is 10.1. The van der Waals surface area contributed by atoms with Crippen LogP contribution in [0.5, 0.6) is 11.5 Å². The molecule has 0 aliphatic carbocycles. The first-order chi connectivity index (χ1) is 9.63. The van der Waals surface area contributed by atoms with Gasteiger partial charge in [-0.2, -0.15) is 0 Å². The standard InChI is InChI=1S/C14H19ClN2O3/c1-19-12-7-11(15)6-10(14(12)20-2)8-17-5-3-4-16-13(18)9-17/h6-7H,3-5,8-9H2,1-2H3,(H,16,18). The van der Waals surface area contributed by atoms with E-state index >= 15 is 0 Å². The zero-order valence-corrected chi connectivity index (χ0v) is 12.5. The van der Waals surface area contributed by atoms with E-state index in [-0.39, 0.29) is 5.91 Å². The van der Waals surface area contributed by atoms with Crippen LogP contribution in [-0.2, 0) is 11.3 Å². The molecule has 1 aromatic rings. The molecule has 1 aliphatic rings. The lowest BCUT2D eigenvalue weighted by Gasteiger charge is -2.21. The van der Waals surface area contributed by atoms with E-state index in [1.54, 1.807) is 20.3 Å². The molecule has 1 fully saturated rings. The molecule has 5 nitrogen and oxygen atoms in total. The number of nitrogens with one attached hydrogen (secondary N) is 1. The van der Waals surface area contributed by atoms with Gasteiger partial charge in [-0.3, -0.25) is 9.69 Å². The van der Waals surface area contributed by atoms with Crippen LogP contribution in [0.3, 0.4) is 0 Å². The number of hydrogen-bond donors (Lipinski definition) is 1. The maximum absolute atomic E-state index is 11.6. The molecule has 20 heavy (non-hydrogen) atoms. The number of carbonyl (C=O) groups is 1. The van der Waals surface area contributed by atoms with Crippen LogP contribution in [0.1, 0.15) is 12.0 Å². The SMILES string of the molecule is COc1cc(Cl)cc(CN2CCCNC(=O)C2)c1OC. The molecule has 0 spiro atoms. The zero-order chi connectivity index (χ0) is 14.5. The lowest BCUT2D eigenvalue weighted by Crippen LogP contribution is -2.32. The Labute approximate surface area is 123 Å². The predicted octanol–water partition coefficient (Wildman–Crippen LogP) is 1.68. The van der Waals surface area contributed by atoms with Gasteiger partial charge in [-0.15, -0.1) is 0 Å². The van der Waals surface area contributed by atoms with Crippen molar-refractivity contribution in [2.24, 2.45) is 0 Å². The highest BCUT2D eigenvalue weighted by molar-refractivity contribution is 6.30. The molecule has 1 heterocycles. The first-order valence-corrected chi connectivity index (χ1v) is 6.91. The summed E-state index contributed by atoms with van der Waals surface area (Å²) in [7, 11) is 3.18. The molecule has 1 amide bonds. The predicted molar refractivity (Wildman–Crippen MR) is 77.5 cm³/mol. The van der Waals surface area contributed by atoms with Crippen LogP contribution in [0.25, 0.3) is 0 Å². The Bertz CT molecular complexity index is 494. The van der Waals surface area contributed by atoms with Crippen molar-refractivity contribution in [1.82, 2.24) is 10.2 Å². The average Bonchev–Trinajstić information content (AvgIpc) is 2.62. The van der Waals surface area contributed by atoms with E-state index in [9.17, 15) is 4.79 Å². The quantitative estimate of drug-likeness (QED) is 0.919. The smallest absolute Gasteiger partial charge is 0.234 e. The molecule has 110 valence electrons. The van der Waals surface area contributed by atoms with E-state index in [1.165, 1.54) is 0 Å². The van der Waals surface area contributed by atoms with Crippen molar-refractivity contribution in [3.05, 3.63) is 22.7 Å². The highest BCUT2D eigenvalue weighted by Crippen LogP contribution is 2.35. The second-order valence-corrected chi connectivity index (χ2v) is 5.15. The number of hydrogen-bond acceptors (Lipinski definition) is 4. The lowest BCUT2D eigenvalue weighted by molar-refractivity contribution is -0.121. The number of carbonyl (C=O) groups excluding carboxylic acids is 1. The van der Waals surface area contributed by atoms with Crippen LogP contribution in [-0.4, -0.2) is 44.7 Å². The fraction of sp³-hybridized carbons (Fsp3) is 0.500. The summed E-state index contributed by atoms with van der Waals surface area (Å²) in [4.78, 5) is 13.7. The second kappa shape index (κ2) is 6.81. The molecule has 1 aromatic carbocycles. The third-order valence-electron chi connectivity index (χ3n) is 3.26. The van der Waals surface area contributed by atoms with Gasteiger partial charge >= 0.3 is 0 Å². The van der Waals surface area contributed by atoms with Crippen molar-refractivity contribution < 1.29 is 14.3 Å². The van der Waals surface area contributed by atoms with Crippen LogP contribution in [0, 0.1) is 0 Å². The Morgan fingerprint density at radius 1 is 1.35 bits per heavy atom. The normalized spacial score (nSPS) is 16.4. The molecule has 0 atom stereocenters. The second-order valence-electron chi connectivity index (χ2n) is 4.71. The Kier molecular flexibility index (Phi) is 5.09. The molecule has 0 unspecified atom stereocenters. The van der Waals surface area contributed by atoms with Crippen molar-refractivity contribution in [1.29, 1.82) is 0 Å². The molecule has 0 radical (unpaired) electrons. The summed E-state index contributed by atoms with van der Waals surface area (Å²) in [6.07, 6.45) is 0.936. The minimum atomic E-state index is 0.0514. The van der Waals surface area contributed by atoms with Gasteiger partial charge in [-0.1, -0.05) is 11.6 Å². The molecule has 6 heteroatoms. The van der Waals surface area contributed by atoms with Gasteiger partial charge in [0.25, 0.3) is 0 Å². The van der Waals surface area contributed by atoms with Crippen molar-refractivity contribution in [2.45, 2.75) is 13.0 Å². The van der Waals surface area contributed by atoms with Crippen LogP contribution in [0.4, 0.5) is 0 Å². The molecule has 1 N–H and O–H groups in total. The molecule has 1 saturated heterocycles. The fourth-order valence-electron chi connectivity index (χ4n) is 2.37. The minimum Gasteiger partial charge on any atom is -0.493 e. The molecule has 0 bridgehead atoms. The van der Waals surface area contributed by atoms with Crippen LogP contribution < -0.4 is 14.8 Å². The number of methoxy groups -OCH3 is 2. The monoisotopic (exact) mass is 298 g/mol. The number of benzene rings is 1. The van der Waals surface area contributed by atoms with Gasteiger partial charge in [-0.25, -0.2) is 0 Å². The summed E-state index contributed by atoms with van der Waals surface area (Å²) in [6.45, 7) is 2.58. The third kappa shape index (κ3) is 3.55. The Balaban J connectivity index is 2.23. The summed E-state index contributed by atoms with van der Waals surface area (Å²) in [6, 6.07) is 3.57.